The minimum Gasteiger partial charge on any atom is -0.495 e. The Morgan fingerprint density at radius 2 is 1.71 bits per heavy atom. The highest BCUT2D eigenvalue weighted by Crippen LogP contribution is 2.35. The maximum atomic E-state index is 6.17. The number of hydrogen-bond acceptors (Lipinski definition) is 7. The summed E-state index contributed by atoms with van der Waals surface area (Å²) < 4.78 is 15.7. The molecule has 11 heteroatoms. The summed E-state index contributed by atoms with van der Waals surface area (Å²) in [6.45, 7) is 4.92. The summed E-state index contributed by atoms with van der Waals surface area (Å²) in [5.41, 5.74) is 2.27. The van der Waals surface area contributed by atoms with Gasteiger partial charge in [-0.05, 0) is 38.6 Å². The zero-order chi connectivity index (χ0) is 22.8. The van der Waals surface area contributed by atoms with E-state index in [1.165, 1.54) is 7.11 Å². The summed E-state index contributed by atoms with van der Waals surface area (Å²) in [7, 11) is 4.73. The molecule has 9 nitrogen and oxygen atoms in total. The maximum absolute atomic E-state index is 6.17. The zero-order valence-electron chi connectivity index (χ0n) is 18.2. The van der Waals surface area contributed by atoms with Gasteiger partial charge in [0.15, 0.2) is 5.11 Å². The molecule has 31 heavy (non-hydrogen) atoms. The van der Waals surface area contributed by atoms with Gasteiger partial charge in [-0.3, -0.25) is 10.3 Å². The van der Waals surface area contributed by atoms with Crippen molar-refractivity contribution in [2.45, 2.75) is 20.3 Å². The van der Waals surface area contributed by atoms with Crippen molar-refractivity contribution in [3.8, 4) is 11.5 Å². The lowest BCUT2D eigenvalue weighted by atomic mass is 10.2. The largest absolute Gasteiger partial charge is 0.495 e. The molecule has 0 aliphatic rings. The molecule has 0 aliphatic carbocycles. The molecule has 0 unspecified atom stereocenters. The van der Waals surface area contributed by atoms with Crippen LogP contribution in [0, 0.1) is 13.8 Å². The molecule has 0 saturated carbocycles. The van der Waals surface area contributed by atoms with E-state index in [0.717, 1.165) is 17.8 Å². The molecule has 0 atom stereocenters. The van der Waals surface area contributed by atoms with Crippen LogP contribution in [0.3, 0.4) is 0 Å². The third-order valence-electron chi connectivity index (χ3n) is 3.94. The summed E-state index contributed by atoms with van der Waals surface area (Å²) >= 11 is 11.6. The predicted octanol–water partition coefficient (Wildman–Crippen LogP) is 3.56. The minimum atomic E-state index is 0.282. The van der Waals surface area contributed by atoms with Crippen molar-refractivity contribution in [3.63, 3.8) is 0 Å². The quantitative estimate of drug-likeness (QED) is 0.233. The summed E-state index contributed by atoms with van der Waals surface area (Å²) in [5, 5.41) is 9.91. The van der Waals surface area contributed by atoms with Gasteiger partial charge in [0.25, 0.3) is 0 Å². The molecule has 0 fully saturated rings. The van der Waals surface area contributed by atoms with E-state index < -0.39 is 0 Å². The minimum absolute atomic E-state index is 0.282. The van der Waals surface area contributed by atoms with Crippen LogP contribution >= 0.6 is 23.8 Å². The van der Waals surface area contributed by atoms with Crippen LogP contribution in [0.15, 0.2) is 23.2 Å². The molecule has 0 radical (unpaired) electrons. The Balaban J connectivity index is 2.18. The predicted molar refractivity (Wildman–Crippen MR) is 128 cm³/mol. The fourth-order valence-corrected chi connectivity index (χ4v) is 3.05. The normalized spacial score (nSPS) is 11.1. The fourth-order valence-electron chi connectivity index (χ4n) is 2.62. The van der Waals surface area contributed by atoms with Gasteiger partial charge in [-0.25, -0.2) is 9.97 Å². The van der Waals surface area contributed by atoms with E-state index in [0.29, 0.717) is 47.3 Å². The second kappa shape index (κ2) is 12.2. The number of guanidine groups is 1. The Morgan fingerprint density at radius 1 is 1.03 bits per heavy atom. The first kappa shape index (κ1) is 24.6. The maximum Gasteiger partial charge on any atom is 0.229 e. The smallest absolute Gasteiger partial charge is 0.229 e. The molecule has 0 spiro atoms. The van der Waals surface area contributed by atoms with E-state index in [1.807, 2.05) is 19.9 Å². The van der Waals surface area contributed by atoms with Crippen LogP contribution in [0.2, 0.25) is 5.02 Å². The van der Waals surface area contributed by atoms with Crippen LogP contribution in [0.5, 0.6) is 11.5 Å². The number of halogens is 1. The van der Waals surface area contributed by atoms with Crippen molar-refractivity contribution in [3.05, 3.63) is 34.6 Å². The number of nitrogens with zero attached hydrogens (tertiary/aromatic N) is 3. The van der Waals surface area contributed by atoms with E-state index in [4.69, 9.17) is 38.0 Å². The molecule has 168 valence electrons. The standard InChI is InChI=1S/C20H27ClN6O3S/c1-12-9-13(2)24-19(23-12)26-18(22-7-6-8-28-3)27-20(31)25-15-11-16(29-4)14(21)10-17(15)30-5/h9-11H,6-8H2,1-5H3,(H3,22,23,24,25,26,27,31). The molecule has 2 aromatic rings. The number of hydrogen-bond donors (Lipinski definition) is 3. The van der Waals surface area contributed by atoms with E-state index in [2.05, 4.69) is 30.9 Å². The molecular formula is C20H27ClN6O3S. The van der Waals surface area contributed by atoms with Gasteiger partial charge in [0.2, 0.25) is 11.9 Å². The highest BCUT2D eigenvalue weighted by molar-refractivity contribution is 7.80. The molecule has 2 rings (SSSR count). The van der Waals surface area contributed by atoms with Crippen LogP contribution in [0.4, 0.5) is 11.6 Å². The van der Waals surface area contributed by atoms with Gasteiger partial charge in [-0.1, -0.05) is 11.6 Å². The van der Waals surface area contributed by atoms with Crippen molar-refractivity contribution in [1.29, 1.82) is 0 Å². The lowest BCUT2D eigenvalue weighted by Crippen LogP contribution is -2.39. The number of aromatic nitrogens is 2. The third-order valence-corrected chi connectivity index (χ3v) is 4.44. The molecule has 0 aliphatic heterocycles. The number of nitrogens with one attached hydrogen (secondary N) is 3. The first-order valence-corrected chi connectivity index (χ1v) is 10.3. The Kier molecular flexibility index (Phi) is 9.70. The average Bonchev–Trinajstić information content (AvgIpc) is 2.71. The Labute approximate surface area is 192 Å². The van der Waals surface area contributed by atoms with Gasteiger partial charge in [-0.15, -0.1) is 0 Å². The average molecular weight is 467 g/mol. The third kappa shape index (κ3) is 7.82. The fraction of sp³-hybridized carbons (Fsp3) is 0.400. The lowest BCUT2D eigenvalue weighted by Gasteiger charge is -2.17. The lowest BCUT2D eigenvalue weighted by molar-refractivity contribution is 0.197. The molecule has 0 saturated heterocycles. The van der Waals surface area contributed by atoms with Crippen molar-refractivity contribution < 1.29 is 14.2 Å². The topological polar surface area (TPSA) is 102 Å². The van der Waals surface area contributed by atoms with Crippen LogP contribution in [-0.4, -0.2) is 55.5 Å². The summed E-state index contributed by atoms with van der Waals surface area (Å²) in [5.74, 6) is 1.82. The highest BCUT2D eigenvalue weighted by Gasteiger charge is 2.13. The molecule has 3 N–H and O–H groups in total. The van der Waals surface area contributed by atoms with E-state index in [1.54, 1.807) is 26.4 Å². The number of benzene rings is 1. The SMILES string of the molecule is COCCCN=C(NC(=S)Nc1cc(OC)c(Cl)cc1OC)Nc1nc(C)cc(C)n1. The number of ether oxygens (including phenoxy) is 3. The molecule has 0 bridgehead atoms. The Hall–Kier alpha value is -2.69. The van der Waals surface area contributed by atoms with Crippen LogP contribution < -0.4 is 25.4 Å². The van der Waals surface area contributed by atoms with Gasteiger partial charge in [0, 0.05) is 43.8 Å². The number of rotatable bonds is 8. The van der Waals surface area contributed by atoms with Gasteiger partial charge in [0.05, 0.1) is 24.9 Å². The van der Waals surface area contributed by atoms with E-state index >= 15 is 0 Å². The number of aliphatic imine (C=N–C) groups is 1. The second-order valence-corrected chi connectivity index (χ2v) is 7.26. The van der Waals surface area contributed by atoms with Gasteiger partial charge >= 0.3 is 0 Å². The highest BCUT2D eigenvalue weighted by atomic mass is 35.5. The van der Waals surface area contributed by atoms with Crippen LogP contribution in [0.25, 0.3) is 0 Å². The Morgan fingerprint density at radius 3 is 2.32 bits per heavy atom. The van der Waals surface area contributed by atoms with Gasteiger partial charge in [-0.2, -0.15) is 0 Å². The second-order valence-electron chi connectivity index (χ2n) is 6.44. The van der Waals surface area contributed by atoms with E-state index in [9.17, 15) is 0 Å². The molecule has 1 heterocycles. The van der Waals surface area contributed by atoms with Crippen molar-refractivity contribution >= 4 is 46.5 Å². The molecule has 1 aromatic heterocycles. The first-order valence-electron chi connectivity index (χ1n) is 9.48. The molecular weight excluding hydrogens is 440 g/mol. The molecule has 1 aromatic carbocycles. The first-order chi connectivity index (χ1) is 14.9. The van der Waals surface area contributed by atoms with Crippen LogP contribution in [-0.2, 0) is 4.74 Å². The zero-order valence-corrected chi connectivity index (χ0v) is 19.8. The summed E-state index contributed by atoms with van der Waals surface area (Å²) in [6.07, 6.45) is 0.749. The number of aryl methyl sites for hydroxylation is 2. The van der Waals surface area contributed by atoms with Crippen molar-refractivity contribution in [2.24, 2.45) is 4.99 Å². The summed E-state index contributed by atoms with van der Waals surface area (Å²) in [4.78, 5) is 13.3. The monoisotopic (exact) mass is 466 g/mol. The van der Waals surface area contributed by atoms with Crippen molar-refractivity contribution in [1.82, 2.24) is 15.3 Å². The van der Waals surface area contributed by atoms with Crippen LogP contribution in [0.1, 0.15) is 17.8 Å². The number of methoxy groups -OCH3 is 3. The van der Waals surface area contributed by atoms with Gasteiger partial charge < -0.3 is 24.8 Å². The van der Waals surface area contributed by atoms with E-state index in [-0.39, 0.29) is 5.11 Å². The summed E-state index contributed by atoms with van der Waals surface area (Å²) in [6, 6.07) is 5.23. The van der Waals surface area contributed by atoms with Gasteiger partial charge in [0.1, 0.15) is 11.5 Å². The molecule has 0 amide bonds. The van der Waals surface area contributed by atoms with Crippen molar-refractivity contribution in [2.75, 3.05) is 45.1 Å². The number of anilines is 2. The number of thiocarbonyl (C=S) groups is 1. The Bertz CT molecular complexity index is 921.